The van der Waals surface area contributed by atoms with Gasteiger partial charge in [-0.05, 0) is 11.8 Å². The number of carboxylic acid groups (broad SMARTS) is 1. The molecule has 0 saturated carbocycles. The quantitative estimate of drug-likeness (QED) is 0.580. The second-order valence-electron chi connectivity index (χ2n) is 4.23. The van der Waals surface area contributed by atoms with E-state index in [4.69, 9.17) is 9.84 Å². The van der Waals surface area contributed by atoms with Gasteiger partial charge in [0.1, 0.15) is 0 Å². The molecule has 2 N–H and O–H groups in total. The molecule has 0 atom stereocenters. The van der Waals surface area contributed by atoms with Crippen molar-refractivity contribution in [2.75, 3.05) is 26.8 Å². The molecule has 0 bridgehead atoms. The second kappa shape index (κ2) is 6.79. The van der Waals surface area contributed by atoms with Gasteiger partial charge in [0.15, 0.2) is 0 Å². The number of rotatable bonds is 8. The van der Waals surface area contributed by atoms with Gasteiger partial charge in [0.2, 0.25) is 0 Å². The molecular weight excluding hydrogens is 182 g/mol. The zero-order valence-electron chi connectivity index (χ0n) is 9.30. The van der Waals surface area contributed by atoms with Crippen LogP contribution in [0.4, 0.5) is 0 Å². The van der Waals surface area contributed by atoms with Crippen molar-refractivity contribution in [3.05, 3.63) is 0 Å². The Bertz CT molecular complexity index is 169. The van der Waals surface area contributed by atoms with Crippen LogP contribution in [0.25, 0.3) is 0 Å². The third kappa shape index (κ3) is 8.01. The van der Waals surface area contributed by atoms with E-state index in [0.717, 1.165) is 19.6 Å². The molecule has 0 heterocycles. The standard InChI is InChI=1S/C10H21NO3/c1-10(2,5-7-14-3)8-11-6-4-9(12)13/h11H,4-8H2,1-3H3,(H,12,13). The van der Waals surface area contributed by atoms with Crippen molar-refractivity contribution >= 4 is 5.97 Å². The smallest absolute Gasteiger partial charge is 0.304 e. The summed E-state index contributed by atoms with van der Waals surface area (Å²) in [6.07, 6.45) is 1.16. The van der Waals surface area contributed by atoms with Gasteiger partial charge >= 0.3 is 5.97 Å². The first kappa shape index (κ1) is 13.4. The fourth-order valence-corrected chi connectivity index (χ4v) is 1.09. The monoisotopic (exact) mass is 203 g/mol. The number of aliphatic carboxylic acids is 1. The van der Waals surface area contributed by atoms with E-state index in [9.17, 15) is 4.79 Å². The Morgan fingerprint density at radius 1 is 1.50 bits per heavy atom. The molecule has 0 aromatic carbocycles. The highest BCUT2D eigenvalue weighted by atomic mass is 16.5. The topological polar surface area (TPSA) is 58.6 Å². The van der Waals surface area contributed by atoms with Crippen molar-refractivity contribution in [3.63, 3.8) is 0 Å². The Balaban J connectivity index is 3.49. The van der Waals surface area contributed by atoms with Gasteiger partial charge in [-0.1, -0.05) is 13.8 Å². The first-order valence-electron chi connectivity index (χ1n) is 4.89. The highest BCUT2D eigenvalue weighted by molar-refractivity contribution is 5.66. The maximum Gasteiger partial charge on any atom is 0.304 e. The summed E-state index contributed by atoms with van der Waals surface area (Å²) < 4.78 is 5.00. The molecule has 14 heavy (non-hydrogen) atoms. The third-order valence-corrected chi connectivity index (χ3v) is 2.10. The molecule has 0 spiro atoms. The van der Waals surface area contributed by atoms with Gasteiger partial charge in [0, 0.05) is 26.8 Å². The summed E-state index contributed by atoms with van der Waals surface area (Å²) in [6.45, 7) is 6.38. The summed E-state index contributed by atoms with van der Waals surface area (Å²) in [7, 11) is 1.69. The second-order valence-corrected chi connectivity index (χ2v) is 4.23. The molecule has 0 aliphatic heterocycles. The minimum atomic E-state index is -0.757. The molecule has 0 aromatic rings. The van der Waals surface area contributed by atoms with Gasteiger partial charge < -0.3 is 15.2 Å². The number of methoxy groups -OCH3 is 1. The summed E-state index contributed by atoms with van der Waals surface area (Å²) in [5.74, 6) is -0.757. The SMILES string of the molecule is COCCC(C)(C)CNCCC(=O)O. The van der Waals surface area contributed by atoms with Crippen LogP contribution in [-0.4, -0.2) is 37.9 Å². The maximum absolute atomic E-state index is 10.2. The van der Waals surface area contributed by atoms with Crippen LogP contribution >= 0.6 is 0 Å². The first-order valence-corrected chi connectivity index (χ1v) is 4.89. The average Bonchev–Trinajstić information content (AvgIpc) is 2.09. The van der Waals surface area contributed by atoms with Gasteiger partial charge in [0.25, 0.3) is 0 Å². The lowest BCUT2D eigenvalue weighted by Gasteiger charge is -2.24. The van der Waals surface area contributed by atoms with E-state index < -0.39 is 5.97 Å². The number of nitrogens with one attached hydrogen (secondary N) is 1. The predicted molar refractivity (Wildman–Crippen MR) is 55.4 cm³/mol. The largest absolute Gasteiger partial charge is 0.481 e. The van der Waals surface area contributed by atoms with Crippen LogP contribution in [0.5, 0.6) is 0 Å². The van der Waals surface area contributed by atoms with Crippen molar-refractivity contribution in [3.8, 4) is 0 Å². The Labute approximate surface area is 85.6 Å². The first-order chi connectivity index (χ1) is 6.48. The zero-order chi connectivity index (χ0) is 11.0. The van der Waals surface area contributed by atoms with Crippen molar-refractivity contribution in [2.45, 2.75) is 26.7 Å². The molecule has 0 amide bonds. The van der Waals surface area contributed by atoms with Crippen molar-refractivity contribution in [1.82, 2.24) is 5.32 Å². The fourth-order valence-electron chi connectivity index (χ4n) is 1.09. The number of hydrogen-bond acceptors (Lipinski definition) is 3. The highest BCUT2D eigenvalue weighted by Crippen LogP contribution is 2.18. The van der Waals surface area contributed by atoms with Crippen LogP contribution in [0.15, 0.2) is 0 Å². The van der Waals surface area contributed by atoms with Crippen LogP contribution in [0.1, 0.15) is 26.7 Å². The average molecular weight is 203 g/mol. The minimum Gasteiger partial charge on any atom is -0.481 e. The van der Waals surface area contributed by atoms with E-state index in [-0.39, 0.29) is 11.8 Å². The molecule has 0 rings (SSSR count). The Morgan fingerprint density at radius 3 is 2.64 bits per heavy atom. The number of carboxylic acids is 1. The fraction of sp³-hybridized carbons (Fsp3) is 0.900. The van der Waals surface area contributed by atoms with Crippen molar-refractivity contribution < 1.29 is 14.6 Å². The van der Waals surface area contributed by atoms with Crippen molar-refractivity contribution in [1.29, 1.82) is 0 Å². The van der Waals surface area contributed by atoms with Gasteiger partial charge in [0.05, 0.1) is 6.42 Å². The minimum absolute atomic E-state index is 0.161. The summed E-state index contributed by atoms with van der Waals surface area (Å²) in [5.41, 5.74) is 0.161. The molecule has 0 saturated heterocycles. The van der Waals surface area contributed by atoms with Crippen LogP contribution in [0.3, 0.4) is 0 Å². The lowest BCUT2D eigenvalue weighted by molar-refractivity contribution is -0.136. The van der Waals surface area contributed by atoms with Gasteiger partial charge in [-0.15, -0.1) is 0 Å². The summed E-state index contributed by atoms with van der Waals surface area (Å²) >= 11 is 0. The molecule has 4 heteroatoms. The number of hydrogen-bond donors (Lipinski definition) is 2. The lowest BCUT2D eigenvalue weighted by atomic mass is 9.90. The molecule has 0 fully saturated rings. The molecule has 84 valence electrons. The third-order valence-electron chi connectivity index (χ3n) is 2.10. The summed E-state index contributed by atoms with van der Waals surface area (Å²) in [5, 5.41) is 11.6. The van der Waals surface area contributed by atoms with Gasteiger partial charge in [-0.25, -0.2) is 0 Å². The van der Waals surface area contributed by atoms with Crippen molar-refractivity contribution in [2.24, 2.45) is 5.41 Å². The van der Waals surface area contributed by atoms with E-state index in [1.54, 1.807) is 7.11 Å². The van der Waals surface area contributed by atoms with E-state index >= 15 is 0 Å². The predicted octanol–water partition coefficient (Wildman–Crippen LogP) is 1.11. The van der Waals surface area contributed by atoms with Crippen LogP contribution in [0.2, 0.25) is 0 Å². The molecular formula is C10H21NO3. The van der Waals surface area contributed by atoms with Gasteiger partial charge in [-0.3, -0.25) is 4.79 Å². The Hall–Kier alpha value is -0.610. The molecule has 0 radical (unpaired) electrons. The van der Waals surface area contributed by atoms with Crippen LogP contribution < -0.4 is 5.32 Å². The summed E-state index contributed by atoms with van der Waals surface area (Å²) in [6, 6.07) is 0. The Kier molecular flexibility index (Phi) is 6.49. The van der Waals surface area contributed by atoms with E-state index in [1.165, 1.54) is 0 Å². The van der Waals surface area contributed by atoms with Crippen LogP contribution in [0, 0.1) is 5.41 Å². The zero-order valence-corrected chi connectivity index (χ0v) is 9.30. The molecule has 0 unspecified atom stereocenters. The van der Waals surface area contributed by atoms with E-state index in [0.29, 0.717) is 6.54 Å². The number of carbonyl (C=O) groups is 1. The maximum atomic E-state index is 10.2. The molecule has 0 aromatic heterocycles. The molecule has 4 nitrogen and oxygen atoms in total. The molecule has 0 aliphatic carbocycles. The Morgan fingerprint density at radius 2 is 2.14 bits per heavy atom. The summed E-state index contributed by atoms with van der Waals surface area (Å²) in [4.78, 5) is 10.2. The lowest BCUT2D eigenvalue weighted by Crippen LogP contribution is -2.31. The van der Waals surface area contributed by atoms with E-state index in [2.05, 4.69) is 19.2 Å². The highest BCUT2D eigenvalue weighted by Gasteiger charge is 2.16. The van der Waals surface area contributed by atoms with Gasteiger partial charge in [-0.2, -0.15) is 0 Å². The van der Waals surface area contributed by atoms with E-state index in [1.807, 2.05) is 0 Å². The molecule has 0 aliphatic rings. The number of ether oxygens (including phenoxy) is 1. The van der Waals surface area contributed by atoms with Crippen LogP contribution in [-0.2, 0) is 9.53 Å². The normalized spacial score (nSPS) is 11.6.